The average Bonchev–Trinajstić information content (AvgIpc) is 3.77. The van der Waals surface area contributed by atoms with Gasteiger partial charge in [-0.25, -0.2) is 13.8 Å². The van der Waals surface area contributed by atoms with Crippen molar-refractivity contribution in [2.24, 2.45) is 0 Å². The predicted molar refractivity (Wildman–Crippen MR) is 147 cm³/mol. The Balaban J connectivity index is 0.00000186. The second kappa shape index (κ2) is 12.9. The molecule has 196 valence electrons. The molecule has 1 saturated carbocycles. The lowest BCUT2D eigenvalue weighted by molar-refractivity contribution is 0.290. The molecule has 2 aliphatic rings. The Morgan fingerprint density at radius 2 is 1.84 bits per heavy atom. The van der Waals surface area contributed by atoms with Gasteiger partial charge in [0.25, 0.3) is 0 Å². The molecule has 4 N–H and O–H groups in total. The second-order valence-electron chi connectivity index (χ2n) is 8.76. The zero-order valence-corrected chi connectivity index (χ0v) is 21.5. The SMILES string of the molecule is C=C/C(NC(=C1CC1)c1nc(-c2cc(F)c(OC)cc2F)ccc1N)=C(\C=C/C)N1CCCCC1.C=N. The number of piperidine rings is 1. The fourth-order valence-corrected chi connectivity index (χ4v) is 4.34. The predicted octanol–water partition coefficient (Wildman–Crippen LogP) is 6.44. The zero-order valence-electron chi connectivity index (χ0n) is 21.5. The van der Waals surface area contributed by atoms with Crippen LogP contribution in [-0.4, -0.2) is 36.8 Å². The third-order valence-electron chi connectivity index (χ3n) is 6.30. The van der Waals surface area contributed by atoms with Crippen LogP contribution in [0, 0.1) is 17.0 Å². The quantitative estimate of drug-likeness (QED) is 0.283. The molecule has 2 heterocycles. The summed E-state index contributed by atoms with van der Waals surface area (Å²) in [4.78, 5) is 7.05. The molecular formula is C29H35F2N5O. The Morgan fingerprint density at radius 1 is 1.14 bits per heavy atom. The standard InChI is InChI=1S/C28H32F2N4O.CH3N/c1-4-9-25(34-14-7-6-8-15-34)23(5-2)32-27(18-10-11-18)28-22(31)12-13-24(33-28)19-16-21(30)26(35-3)17-20(19)29;1-2/h4-5,9,12-13,16-17,32H,2,6-8,10-11,14-15,31H2,1,3H3;2H,1H2/b9-4-,25-23-;. The molecular weight excluding hydrogens is 472 g/mol. The highest BCUT2D eigenvalue weighted by Gasteiger charge is 2.25. The van der Waals surface area contributed by atoms with Gasteiger partial charge in [0, 0.05) is 24.7 Å². The summed E-state index contributed by atoms with van der Waals surface area (Å²) in [7, 11) is 1.30. The normalized spacial score (nSPS) is 15.5. The lowest BCUT2D eigenvalue weighted by atomic mass is 10.1. The van der Waals surface area contributed by atoms with E-state index < -0.39 is 11.6 Å². The van der Waals surface area contributed by atoms with Crippen molar-refractivity contribution >= 4 is 18.1 Å². The Bertz CT molecular complexity index is 1220. The van der Waals surface area contributed by atoms with E-state index in [1.165, 1.54) is 19.1 Å². The van der Waals surface area contributed by atoms with Crippen LogP contribution in [0.25, 0.3) is 17.0 Å². The summed E-state index contributed by atoms with van der Waals surface area (Å²) >= 11 is 0. The fraction of sp³-hybridized carbons (Fsp3) is 0.310. The maximum Gasteiger partial charge on any atom is 0.165 e. The molecule has 1 aliphatic carbocycles. The van der Waals surface area contributed by atoms with E-state index in [2.05, 4.69) is 34.6 Å². The highest BCUT2D eigenvalue weighted by atomic mass is 19.1. The van der Waals surface area contributed by atoms with Gasteiger partial charge >= 0.3 is 0 Å². The number of nitrogens with two attached hydrogens (primary N) is 1. The molecule has 37 heavy (non-hydrogen) atoms. The molecule has 0 unspecified atom stereocenters. The van der Waals surface area contributed by atoms with E-state index in [1.54, 1.807) is 12.1 Å². The Kier molecular flexibility index (Phi) is 9.60. The molecule has 0 radical (unpaired) electrons. The fourth-order valence-electron chi connectivity index (χ4n) is 4.34. The third-order valence-corrected chi connectivity index (χ3v) is 6.30. The van der Waals surface area contributed by atoms with Crippen molar-refractivity contribution in [1.82, 2.24) is 15.2 Å². The van der Waals surface area contributed by atoms with Gasteiger partial charge in [0.2, 0.25) is 0 Å². The summed E-state index contributed by atoms with van der Waals surface area (Å²) in [5.41, 5.74) is 11.6. The van der Waals surface area contributed by atoms with Crippen molar-refractivity contribution in [2.45, 2.75) is 39.0 Å². The van der Waals surface area contributed by atoms with Crippen LogP contribution in [-0.2, 0) is 0 Å². The summed E-state index contributed by atoms with van der Waals surface area (Å²) < 4.78 is 34.0. The highest BCUT2D eigenvalue weighted by molar-refractivity contribution is 5.79. The third kappa shape index (κ3) is 6.44. The van der Waals surface area contributed by atoms with Gasteiger partial charge in [0.05, 0.1) is 35.6 Å². The molecule has 4 rings (SSSR count). The number of likely N-dealkylation sites (tertiary alicyclic amines) is 1. The van der Waals surface area contributed by atoms with Crippen molar-refractivity contribution in [3.63, 3.8) is 0 Å². The first-order valence-corrected chi connectivity index (χ1v) is 12.4. The smallest absolute Gasteiger partial charge is 0.165 e. The topological polar surface area (TPSA) is 87.3 Å². The minimum absolute atomic E-state index is 0.0482. The van der Waals surface area contributed by atoms with Crippen molar-refractivity contribution in [2.75, 3.05) is 25.9 Å². The van der Waals surface area contributed by atoms with E-state index >= 15 is 0 Å². The second-order valence-corrected chi connectivity index (χ2v) is 8.76. The maximum absolute atomic E-state index is 14.8. The number of aromatic nitrogens is 1. The number of rotatable bonds is 8. The number of hydrogen-bond acceptors (Lipinski definition) is 6. The summed E-state index contributed by atoms with van der Waals surface area (Å²) in [5.74, 6) is -1.43. The van der Waals surface area contributed by atoms with Crippen molar-refractivity contribution in [3.8, 4) is 17.0 Å². The van der Waals surface area contributed by atoms with E-state index in [-0.39, 0.29) is 11.3 Å². The number of anilines is 1. The van der Waals surface area contributed by atoms with Gasteiger partial charge in [-0.2, -0.15) is 0 Å². The summed E-state index contributed by atoms with van der Waals surface area (Å²) in [6.07, 6.45) is 11.3. The van der Waals surface area contributed by atoms with Crippen LogP contribution in [0.15, 0.2) is 66.0 Å². The van der Waals surface area contributed by atoms with Gasteiger partial charge in [0.1, 0.15) is 11.5 Å². The number of methoxy groups -OCH3 is 1. The number of halogens is 2. The molecule has 0 spiro atoms. The van der Waals surface area contributed by atoms with Gasteiger partial charge < -0.3 is 26.1 Å². The minimum atomic E-state index is -0.655. The number of pyridine rings is 1. The van der Waals surface area contributed by atoms with Crippen LogP contribution >= 0.6 is 0 Å². The first-order valence-electron chi connectivity index (χ1n) is 12.4. The molecule has 2 fully saturated rings. The van der Waals surface area contributed by atoms with Crippen LogP contribution in [0.3, 0.4) is 0 Å². The number of nitrogens with one attached hydrogen (secondary N) is 2. The van der Waals surface area contributed by atoms with E-state index in [9.17, 15) is 8.78 Å². The number of benzene rings is 1. The molecule has 1 aromatic carbocycles. The Labute approximate surface area is 217 Å². The number of nitrogens with zero attached hydrogens (tertiary/aromatic N) is 2. The lowest BCUT2D eigenvalue weighted by Gasteiger charge is -2.31. The largest absolute Gasteiger partial charge is 0.494 e. The maximum atomic E-state index is 14.8. The molecule has 1 saturated heterocycles. The van der Waals surface area contributed by atoms with Crippen molar-refractivity contribution in [3.05, 3.63) is 83.4 Å². The van der Waals surface area contributed by atoms with Gasteiger partial charge in [-0.1, -0.05) is 12.7 Å². The molecule has 0 atom stereocenters. The molecule has 1 aromatic heterocycles. The monoisotopic (exact) mass is 507 g/mol. The number of hydrogen-bond donors (Lipinski definition) is 3. The van der Waals surface area contributed by atoms with Crippen molar-refractivity contribution in [1.29, 1.82) is 5.41 Å². The van der Waals surface area contributed by atoms with Gasteiger partial charge in [-0.15, -0.1) is 0 Å². The van der Waals surface area contributed by atoms with E-state index in [0.29, 0.717) is 17.1 Å². The van der Waals surface area contributed by atoms with Crippen LogP contribution in [0.2, 0.25) is 0 Å². The molecule has 2 aromatic rings. The van der Waals surface area contributed by atoms with Crippen LogP contribution in [0.4, 0.5) is 14.5 Å². The molecule has 1 aliphatic heterocycles. The number of allylic oxidation sites excluding steroid dienone is 4. The first kappa shape index (κ1) is 27.6. The average molecular weight is 508 g/mol. The summed E-state index contributed by atoms with van der Waals surface area (Å²) in [6.45, 7) is 10.5. The Hall–Kier alpha value is -3.94. The van der Waals surface area contributed by atoms with Gasteiger partial charge in [-0.05, 0) is 81.7 Å². The highest BCUT2D eigenvalue weighted by Crippen LogP contribution is 2.38. The lowest BCUT2D eigenvalue weighted by Crippen LogP contribution is -2.31. The van der Waals surface area contributed by atoms with E-state index in [4.69, 9.17) is 15.9 Å². The number of ether oxygens (including phenoxy) is 1. The van der Waals surface area contributed by atoms with Crippen LogP contribution < -0.4 is 15.8 Å². The summed E-state index contributed by atoms with van der Waals surface area (Å²) in [6, 6.07) is 5.41. The molecule has 6 nitrogen and oxygen atoms in total. The van der Waals surface area contributed by atoms with E-state index in [0.717, 1.165) is 68.0 Å². The van der Waals surface area contributed by atoms with E-state index in [1.807, 2.05) is 19.1 Å². The Morgan fingerprint density at radius 3 is 2.43 bits per heavy atom. The van der Waals surface area contributed by atoms with Gasteiger partial charge in [0.15, 0.2) is 11.6 Å². The zero-order chi connectivity index (χ0) is 26.9. The molecule has 0 bridgehead atoms. The van der Waals surface area contributed by atoms with Crippen molar-refractivity contribution < 1.29 is 13.5 Å². The minimum Gasteiger partial charge on any atom is -0.494 e. The molecule has 0 amide bonds. The first-order chi connectivity index (χ1) is 18.0. The number of nitrogen functional groups attached to an aromatic ring is 1. The van der Waals surface area contributed by atoms with Gasteiger partial charge in [-0.3, -0.25) is 0 Å². The van der Waals surface area contributed by atoms with Crippen LogP contribution in [0.5, 0.6) is 5.75 Å². The van der Waals surface area contributed by atoms with Crippen LogP contribution in [0.1, 0.15) is 44.7 Å². The molecule has 8 heteroatoms. The summed E-state index contributed by atoms with van der Waals surface area (Å²) in [5, 5.41) is 9.05.